The topological polar surface area (TPSA) is 39.1 Å². The van der Waals surface area contributed by atoms with Gasteiger partial charge in [-0.05, 0) is 44.5 Å². The average molecular weight is 409 g/mol. The molecule has 4 nitrogen and oxygen atoms in total. The Morgan fingerprint density at radius 1 is 1.53 bits per heavy atom. The van der Waals surface area contributed by atoms with Gasteiger partial charge in [0.2, 0.25) is 0 Å². The number of hydrogen-bond acceptors (Lipinski definition) is 4. The Hall–Kier alpha value is -0.370. The minimum absolute atomic E-state index is 0.0457. The Morgan fingerprint density at radius 3 is 2.79 bits per heavy atom. The number of methoxy groups -OCH3 is 1. The van der Waals surface area contributed by atoms with E-state index >= 15 is 0 Å². The molecule has 0 saturated heterocycles. The van der Waals surface area contributed by atoms with Crippen molar-refractivity contribution in [1.29, 1.82) is 0 Å². The van der Waals surface area contributed by atoms with Crippen molar-refractivity contribution in [3.05, 3.63) is 31.1 Å². The first-order valence-electron chi connectivity index (χ1n) is 5.82. The summed E-state index contributed by atoms with van der Waals surface area (Å²) < 4.78 is 9.47. The summed E-state index contributed by atoms with van der Waals surface area (Å²) in [4.78, 5) is 0. The van der Waals surface area contributed by atoms with Crippen LogP contribution in [0.4, 0.5) is 0 Å². The molecule has 19 heavy (non-hydrogen) atoms. The third-order valence-corrected chi connectivity index (χ3v) is 5.23. The van der Waals surface area contributed by atoms with E-state index < -0.39 is 0 Å². The minimum Gasteiger partial charge on any atom is -0.493 e. The molecule has 1 N–H and O–H groups in total. The second-order valence-corrected chi connectivity index (χ2v) is 7.74. The lowest BCUT2D eigenvalue weighted by atomic mass is 10.1. The lowest BCUT2D eigenvalue weighted by Gasteiger charge is -2.19. The van der Waals surface area contributed by atoms with Crippen molar-refractivity contribution >= 4 is 43.2 Å². The summed E-state index contributed by atoms with van der Waals surface area (Å²) in [7, 11) is 3.60. The van der Waals surface area contributed by atoms with Crippen molar-refractivity contribution in [3.8, 4) is 5.75 Å². The number of thiophene rings is 1. The summed E-state index contributed by atoms with van der Waals surface area (Å²) in [6, 6.07) is 2.17. The molecular weight excluding hydrogens is 394 g/mol. The lowest BCUT2D eigenvalue weighted by Crippen LogP contribution is -2.24. The molecule has 0 radical (unpaired) electrons. The zero-order valence-electron chi connectivity index (χ0n) is 10.9. The lowest BCUT2D eigenvalue weighted by molar-refractivity contribution is 0.401. The Bertz CT molecular complexity index is 567. The van der Waals surface area contributed by atoms with Gasteiger partial charge in [0.1, 0.15) is 5.69 Å². The number of nitrogens with zero attached hydrogens (tertiary/aromatic N) is 2. The molecule has 1 unspecified atom stereocenters. The average Bonchev–Trinajstić information content (AvgIpc) is 2.89. The van der Waals surface area contributed by atoms with Crippen molar-refractivity contribution in [2.24, 2.45) is 7.05 Å². The molecule has 0 aliphatic rings. The van der Waals surface area contributed by atoms with Gasteiger partial charge in [-0.25, -0.2) is 0 Å². The van der Waals surface area contributed by atoms with E-state index in [9.17, 15) is 0 Å². The SMILES string of the molecule is CCNC(c1cc(Br)sc1Br)c1c(OC)cnn1C. The van der Waals surface area contributed by atoms with Crippen molar-refractivity contribution in [3.63, 3.8) is 0 Å². The van der Waals surface area contributed by atoms with Crippen LogP contribution in [-0.4, -0.2) is 23.4 Å². The number of halogens is 2. The van der Waals surface area contributed by atoms with E-state index in [1.165, 1.54) is 5.56 Å². The zero-order valence-corrected chi connectivity index (χ0v) is 14.9. The van der Waals surface area contributed by atoms with E-state index in [0.717, 1.165) is 25.6 Å². The summed E-state index contributed by atoms with van der Waals surface area (Å²) in [5.74, 6) is 0.794. The summed E-state index contributed by atoms with van der Waals surface area (Å²) in [5.41, 5.74) is 2.20. The molecule has 0 fully saturated rings. The molecule has 0 bridgehead atoms. The maximum absolute atomic E-state index is 5.41. The number of aromatic nitrogens is 2. The Kier molecular flexibility index (Phi) is 5.05. The zero-order chi connectivity index (χ0) is 14.0. The maximum Gasteiger partial charge on any atom is 0.161 e. The molecule has 0 spiro atoms. The van der Waals surface area contributed by atoms with Crippen LogP contribution in [0.25, 0.3) is 0 Å². The van der Waals surface area contributed by atoms with Crippen LogP contribution in [0.3, 0.4) is 0 Å². The first-order chi connectivity index (χ1) is 9.08. The van der Waals surface area contributed by atoms with Gasteiger partial charge >= 0.3 is 0 Å². The highest BCUT2D eigenvalue weighted by atomic mass is 79.9. The van der Waals surface area contributed by atoms with Crippen molar-refractivity contribution in [1.82, 2.24) is 15.1 Å². The Balaban J connectivity index is 2.51. The predicted molar refractivity (Wildman–Crippen MR) is 85.0 cm³/mol. The molecule has 0 saturated carbocycles. The largest absolute Gasteiger partial charge is 0.493 e. The van der Waals surface area contributed by atoms with Crippen molar-refractivity contribution < 1.29 is 4.74 Å². The molecule has 1 atom stereocenters. The highest BCUT2D eigenvalue weighted by Gasteiger charge is 2.25. The number of hydrogen-bond donors (Lipinski definition) is 1. The van der Waals surface area contributed by atoms with Gasteiger partial charge in [0, 0.05) is 12.6 Å². The molecule has 0 aromatic carbocycles. The van der Waals surface area contributed by atoms with Crippen LogP contribution >= 0.6 is 43.2 Å². The highest BCUT2D eigenvalue weighted by Crippen LogP contribution is 2.39. The summed E-state index contributed by atoms with van der Waals surface area (Å²) in [6.07, 6.45) is 1.75. The molecular formula is C12H15Br2N3OS. The summed E-state index contributed by atoms with van der Waals surface area (Å²) in [5, 5.41) is 7.77. The van der Waals surface area contributed by atoms with Gasteiger partial charge in [-0.1, -0.05) is 6.92 Å². The molecule has 2 aromatic rings. The van der Waals surface area contributed by atoms with E-state index in [0.29, 0.717) is 0 Å². The quantitative estimate of drug-likeness (QED) is 0.819. The van der Waals surface area contributed by atoms with Crippen LogP contribution in [0.2, 0.25) is 0 Å². The van der Waals surface area contributed by atoms with Crippen LogP contribution < -0.4 is 10.1 Å². The molecule has 0 aliphatic carbocycles. The standard InChI is InChI=1S/C12H15Br2N3OS/c1-4-15-10(7-5-9(13)19-12(7)14)11-8(18-3)6-16-17(11)2/h5-6,10,15H,4H2,1-3H3. The fourth-order valence-corrected chi connectivity index (χ4v) is 4.92. The van der Waals surface area contributed by atoms with Crippen molar-refractivity contribution in [2.45, 2.75) is 13.0 Å². The number of nitrogens with one attached hydrogen (secondary N) is 1. The van der Waals surface area contributed by atoms with Crippen LogP contribution in [0.15, 0.2) is 19.8 Å². The van der Waals surface area contributed by atoms with E-state index in [4.69, 9.17) is 4.74 Å². The van der Waals surface area contributed by atoms with Crippen molar-refractivity contribution in [2.75, 3.05) is 13.7 Å². The van der Waals surface area contributed by atoms with Crippen LogP contribution in [-0.2, 0) is 7.05 Å². The van der Waals surface area contributed by atoms with Crippen LogP contribution in [0, 0.1) is 0 Å². The van der Waals surface area contributed by atoms with Gasteiger partial charge < -0.3 is 10.1 Å². The van der Waals surface area contributed by atoms with E-state index in [2.05, 4.69) is 55.3 Å². The van der Waals surface area contributed by atoms with Gasteiger partial charge in [0.05, 0.1) is 26.9 Å². The second-order valence-electron chi connectivity index (χ2n) is 3.99. The van der Waals surface area contributed by atoms with E-state index in [1.807, 2.05) is 11.7 Å². The number of aryl methyl sites for hydroxylation is 1. The third kappa shape index (κ3) is 3.04. The highest BCUT2D eigenvalue weighted by molar-refractivity contribution is 9.12. The first-order valence-corrected chi connectivity index (χ1v) is 8.22. The van der Waals surface area contributed by atoms with Gasteiger partial charge in [0.15, 0.2) is 5.75 Å². The molecule has 2 aromatic heterocycles. The van der Waals surface area contributed by atoms with Gasteiger partial charge in [-0.2, -0.15) is 5.10 Å². The van der Waals surface area contributed by atoms with Crippen LogP contribution in [0.5, 0.6) is 5.75 Å². The van der Waals surface area contributed by atoms with Gasteiger partial charge in [-0.15, -0.1) is 11.3 Å². The molecule has 7 heteroatoms. The first kappa shape index (κ1) is 15.0. The van der Waals surface area contributed by atoms with E-state index in [-0.39, 0.29) is 6.04 Å². The monoisotopic (exact) mass is 407 g/mol. The second kappa shape index (κ2) is 6.39. The number of rotatable bonds is 5. The maximum atomic E-state index is 5.41. The Morgan fingerprint density at radius 2 is 2.26 bits per heavy atom. The fraction of sp³-hybridized carbons (Fsp3) is 0.417. The van der Waals surface area contributed by atoms with Gasteiger partial charge in [-0.3, -0.25) is 4.68 Å². The summed E-state index contributed by atoms with van der Waals surface area (Å²) >= 11 is 8.81. The third-order valence-electron chi connectivity index (χ3n) is 2.84. The number of ether oxygens (including phenoxy) is 1. The molecule has 104 valence electrons. The van der Waals surface area contributed by atoms with Crippen LogP contribution in [0.1, 0.15) is 24.2 Å². The molecule has 0 amide bonds. The Labute approximate surface area is 133 Å². The smallest absolute Gasteiger partial charge is 0.161 e. The fourth-order valence-electron chi connectivity index (χ4n) is 2.02. The molecule has 2 heterocycles. The summed E-state index contributed by atoms with van der Waals surface area (Å²) in [6.45, 7) is 2.95. The van der Waals surface area contributed by atoms with Gasteiger partial charge in [0.25, 0.3) is 0 Å². The minimum atomic E-state index is 0.0457. The van der Waals surface area contributed by atoms with E-state index in [1.54, 1.807) is 24.6 Å². The normalized spacial score (nSPS) is 12.7. The predicted octanol–water partition coefficient (Wildman–Crippen LogP) is 3.71. The molecule has 0 aliphatic heterocycles. The molecule has 2 rings (SSSR count).